The van der Waals surface area contributed by atoms with Gasteiger partial charge in [0.25, 0.3) is 5.91 Å². The summed E-state index contributed by atoms with van der Waals surface area (Å²) < 4.78 is 13.1. The smallest absolute Gasteiger partial charge is 0.257 e. The summed E-state index contributed by atoms with van der Waals surface area (Å²) >= 11 is 31.2. The van der Waals surface area contributed by atoms with Crippen LogP contribution in [0.5, 0.6) is 0 Å². The van der Waals surface area contributed by atoms with Gasteiger partial charge in [0.05, 0.1) is 28.4 Å². The Labute approximate surface area is 236 Å². The standard InChI is InChI=1S/C25H17Cl5FN3O3/c1-37-32-11-12-2-5-20(19(31)6-12)34-23(35)17-10-16(3-4-18(17)28)33-24(36)22-21(25(22,29)30)13-7-14(26)9-15(27)8-13/h2-11,21-22H,1H3,(H,33,36)(H,34,35)/b32-11+. The molecular weight excluding hydrogens is 587 g/mol. The molecule has 2 atom stereocenters. The van der Waals surface area contributed by atoms with E-state index in [2.05, 4.69) is 20.6 Å². The largest absolute Gasteiger partial charge is 0.399 e. The van der Waals surface area contributed by atoms with Gasteiger partial charge in [0.1, 0.15) is 17.3 Å². The number of carbonyl (C=O) groups excluding carboxylic acids is 2. The normalized spacial score (nSPS) is 17.9. The maximum Gasteiger partial charge on any atom is 0.257 e. The number of halogens is 6. The Morgan fingerprint density at radius 1 is 1.00 bits per heavy atom. The molecule has 37 heavy (non-hydrogen) atoms. The van der Waals surface area contributed by atoms with E-state index in [1.54, 1.807) is 24.3 Å². The van der Waals surface area contributed by atoms with E-state index >= 15 is 0 Å². The molecule has 1 aliphatic carbocycles. The molecule has 2 amide bonds. The van der Waals surface area contributed by atoms with Gasteiger partial charge in [-0.15, -0.1) is 23.2 Å². The molecular formula is C25H17Cl5FN3O3. The molecule has 0 saturated heterocycles. The number of hydrogen-bond donors (Lipinski definition) is 2. The van der Waals surface area contributed by atoms with Crippen LogP contribution in [0.4, 0.5) is 15.8 Å². The number of hydrogen-bond acceptors (Lipinski definition) is 4. The van der Waals surface area contributed by atoms with E-state index in [0.717, 1.165) is 0 Å². The van der Waals surface area contributed by atoms with Crippen LogP contribution in [0.15, 0.2) is 59.8 Å². The Balaban J connectivity index is 1.49. The fourth-order valence-corrected chi connectivity index (χ4v) is 5.41. The minimum absolute atomic E-state index is 0.0147. The molecule has 1 aliphatic rings. The van der Waals surface area contributed by atoms with Crippen LogP contribution < -0.4 is 10.6 Å². The van der Waals surface area contributed by atoms with E-state index < -0.39 is 33.8 Å². The second-order valence-corrected chi connectivity index (χ2v) is 10.9. The Bertz CT molecular complexity index is 1400. The van der Waals surface area contributed by atoms with E-state index in [-0.39, 0.29) is 22.0 Å². The van der Waals surface area contributed by atoms with Crippen molar-refractivity contribution in [3.8, 4) is 0 Å². The fourth-order valence-electron chi connectivity index (χ4n) is 3.84. The number of amides is 2. The summed E-state index contributed by atoms with van der Waals surface area (Å²) in [5.74, 6) is -3.18. The lowest BCUT2D eigenvalue weighted by molar-refractivity contribution is -0.117. The number of anilines is 2. The first-order valence-corrected chi connectivity index (χ1v) is 12.5. The number of benzene rings is 3. The van der Waals surface area contributed by atoms with Crippen LogP contribution in [-0.2, 0) is 9.63 Å². The summed E-state index contributed by atoms with van der Waals surface area (Å²) in [5.41, 5.74) is 1.28. The monoisotopic (exact) mass is 601 g/mol. The lowest BCUT2D eigenvalue weighted by Crippen LogP contribution is -2.18. The molecule has 0 radical (unpaired) electrons. The van der Waals surface area contributed by atoms with Gasteiger partial charge in [0.15, 0.2) is 0 Å². The fraction of sp³-hybridized carbons (Fsp3) is 0.160. The first kappa shape index (κ1) is 27.5. The molecule has 1 fully saturated rings. The van der Waals surface area contributed by atoms with Gasteiger partial charge in [0, 0.05) is 21.7 Å². The minimum Gasteiger partial charge on any atom is -0.399 e. The van der Waals surface area contributed by atoms with E-state index in [0.29, 0.717) is 21.2 Å². The minimum atomic E-state index is -1.37. The number of carbonyl (C=O) groups is 2. The van der Waals surface area contributed by atoms with E-state index in [1.165, 1.54) is 43.7 Å². The number of oxime groups is 1. The highest BCUT2D eigenvalue weighted by molar-refractivity contribution is 6.53. The van der Waals surface area contributed by atoms with Crippen molar-refractivity contribution in [3.05, 3.63) is 92.2 Å². The maximum absolute atomic E-state index is 14.5. The Morgan fingerprint density at radius 2 is 1.70 bits per heavy atom. The van der Waals surface area contributed by atoms with Crippen molar-refractivity contribution in [3.63, 3.8) is 0 Å². The summed E-state index contributed by atoms with van der Waals surface area (Å²) in [7, 11) is 1.36. The summed E-state index contributed by atoms with van der Waals surface area (Å²) in [5, 5.41) is 9.60. The second kappa shape index (κ2) is 11.1. The second-order valence-electron chi connectivity index (χ2n) is 8.13. The average molecular weight is 604 g/mol. The summed E-state index contributed by atoms with van der Waals surface area (Å²) in [6, 6.07) is 13.3. The topological polar surface area (TPSA) is 79.8 Å². The number of nitrogens with zero attached hydrogens (tertiary/aromatic N) is 1. The molecule has 0 aliphatic heterocycles. The molecule has 4 rings (SSSR count). The number of alkyl halides is 2. The third kappa shape index (κ3) is 6.13. The van der Waals surface area contributed by atoms with Crippen molar-refractivity contribution in [2.24, 2.45) is 11.1 Å². The zero-order valence-electron chi connectivity index (χ0n) is 18.9. The van der Waals surface area contributed by atoms with Gasteiger partial charge in [-0.25, -0.2) is 4.39 Å². The van der Waals surface area contributed by atoms with Gasteiger partial charge in [0.2, 0.25) is 5.91 Å². The van der Waals surface area contributed by atoms with Gasteiger partial charge in [-0.3, -0.25) is 9.59 Å². The van der Waals surface area contributed by atoms with Gasteiger partial charge < -0.3 is 15.5 Å². The molecule has 2 N–H and O–H groups in total. The van der Waals surface area contributed by atoms with Crippen LogP contribution in [0.1, 0.15) is 27.4 Å². The van der Waals surface area contributed by atoms with Crippen LogP contribution in [0.25, 0.3) is 0 Å². The highest BCUT2D eigenvalue weighted by Crippen LogP contribution is 2.65. The van der Waals surface area contributed by atoms with Crippen molar-refractivity contribution >= 4 is 87.4 Å². The number of rotatable bonds is 7. The quantitative estimate of drug-likeness (QED) is 0.166. The predicted molar refractivity (Wildman–Crippen MR) is 146 cm³/mol. The molecule has 3 aromatic rings. The molecule has 12 heteroatoms. The molecule has 192 valence electrons. The molecule has 0 heterocycles. The first-order valence-electron chi connectivity index (χ1n) is 10.6. The molecule has 6 nitrogen and oxygen atoms in total. The SMILES string of the molecule is CO/N=C/c1ccc(NC(=O)c2cc(NC(=O)C3C(c4cc(Cl)cc(Cl)c4)C3(Cl)Cl)ccc2Cl)c(F)c1. The van der Waals surface area contributed by atoms with Crippen LogP contribution in [-0.4, -0.2) is 29.5 Å². The van der Waals surface area contributed by atoms with Crippen LogP contribution in [0, 0.1) is 11.7 Å². The van der Waals surface area contributed by atoms with Crippen molar-refractivity contribution < 1.29 is 18.8 Å². The van der Waals surface area contributed by atoms with Crippen LogP contribution in [0.2, 0.25) is 15.1 Å². The Kier molecular flexibility index (Phi) is 8.21. The summed E-state index contributed by atoms with van der Waals surface area (Å²) in [4.78, 5) is 30.4. The van der Waals surface area contributed by atoms with Crippen molar-refractivity contribution in [2.75, 3.05) is 17.7 Å². The van der Waals surface area contributed by atoms with Crippen molar-refractivity contribution in [2.45, 2.75) is 10.3 Å². The molecule has 2 unspecified atom stereocenters. The van der Waals surface area contributed by atoms with Gasteiger partial charge in [-0.05, 0) is 59.7 Å². The van der Waals surface area contributed by atoms with Crippen molar-refractivity contribution in [1.29, 1.82) is 0 Å². The van der Waals surface area contributed by atoms with E-state index in [9.17, 15) is 14.0 Å². The third-order valence-corrected chi connectivity index (χ3v) is 7.31. The van der Waals surface area contributed by atoms with E-state index in [1.807, 2.05) is 0 Å². The lowest BCUT2D eigenvalue weighted by atomic mass is 10.1. The highest BCUT2D eigenvalue weighted by atomic mass is 35.5. The third-order valence-electron chi connectivity index (χ3n) is 5.61. The zero-order chi connectivity index (χ0) is 26.9. The van der Waals surface area contributed by atoms with Crippen LogP contribution in [0.3, 0.4) is 0 Å². The molecule has 3 aromatic carbocycles. The predicted octanol–water partition coefficient (Wildman–Crippen LogP) is 7.54. The lowest BCUT2D eigenvalue weighted by Gasteiger charge is -2.11. The van der Waals surface area contributed by atoms with Gasteiger partial charge in [-0.2, -0.15) is 0 Å². The molecule has 0 spiro atoms. The molecule has 0 bridgehead atoms. The van der Waals surface area contributed by atoms with Gasteiger partial charge in [-0.1, -0.05) is 46.0 Å². The number of nitrogens with one attached hydrogen (secondary N) is 2. The molecule has 1 saturated carbocycles. The summed E-state index contributed by atoms with van der Waals surface area (Å²) in [6.07, 6.45) is 1.32. The maximum atomic E-state index is 14.5. The zero-order valence-corrected chi connectivity index (χ0v) is 22.6. The first-order chi connectivity index (χ1) is 17.5. The Hall–Kier alpha value is -2.55. The molecule has 0 aromatic heterocycles. The summed E-state index contributed by atoms with van der Waals surface area (Å²) in [6.45, 7) is 0. The average Bonchev–Trinajstić information content (AvgIpc) is 3.41. The van der Waals surface area contributed by atoms with Crippen molar-refractivity contribution in [1.82, 2.24) is 0 Å². The van der Waals surface area contributed by atoms with Crippen LogP contribution >= 0.6 is 58.0 Å². The highest BCUT2D eigenvalue weighted by Gasteiger charge is 2.67. The van der Waals surface area contributed by atoms with Gasteiger partial charge >= 0.3 is 0 Å². The van der Waals surface area contributed by atoms with E-state index in [4.69, 9.17) is 58.0 Å². The Morgan fingerprint density at radius 3 is 2.35 bits per heavy atom.